The highest BCUT2D eigenvalue weighted by molar-refractivity contribution is 4.90. The quantitative estimate of drug-likeness (QED) is 0.719. The summed E-state index contributed by atoms with van der Waals surface area (Å²) in [5, 5.41) is 0. The van der Waals surface area contributed by atoms with Crippen molar-refractivity contribution < 1.29 is 0 Å². The number of hydrogen-bond acceptors (Lipinski definition) is 2. The number of hydrogen-bond donors (Lipinski definition) is 0. The molecule has 130 valence electrons. The summed E-state index contributed by atoms with van der Waals surface area (Å²) in [4.78, 5) is 5.17. The summed E-state index contributed by atoms with van der Waals surface area (Å²) in [6, 6.07) is 0. The number of rotatable bonds is 6. The second-order valence-corrected chi connectivity index (χ2v) is 9.97. The first-order valence-electron chi connectivity index (χ1n) is 9.51. The molecule has 2 nitrogen and oxygen atoms in total. The van der Waals surface area contributed by atoms with E-state index in [0.717, 1.165) is 17.8 Å². The molecule has 0 unspecified atom stereocenters. The molecule has 2 aliphatic heterocycles. The van der Waals surface area contributed by atoms with Crippen molar-refractivity contribution >= 4 is 0 Å². The Morgan fingerprint density at radius 1 is 1.00 bits per heavy atom. The Morgan fingerprint density at radius 3 is 2.00 bits per heavy atom. The van der Waals surface area contributed by atoms with Gasteiger partial charge in [0.25, 0.3) is 0 Å². The average Bonchev–Trinajstić information content (AvgIpc) is 2.36. The van der Waals surface area contributed by atoms with Gasteiger partial charge in [-0.25, -0.2) is 0 Å². The molecule has 2 heteroatoms. The van der Waals surface area contributed by atoms with Gasteiger partial charge in [-0.3, -0.25) is 0 Å². The zero-order valence-electron chi connectivity index (χ0n) is 16.3. The van der Waals surface area contributed by atoms with E-state index in [-0.39, 0.29) is 0 Å². The first-order chi connectivity index (χ1) is 10.1. The van der Waals surface area contributed by atoms with Gasteiger partial charge in [0, 0.05) is 19.6 Å². The van der Waals surface area contributed by atoms with Crippen molar-refractivity contribution in [2.75, 3.05) is 39.8 Å². The highest BCUT2D eigenvalue weighted by Gasteiger charge is 2.38. The van der Waals surface area contributed by atoms with Crippen molar-refractivity contribution in [1.29, 1.82) is 0 Å². The van der Waals surface area contributed by atoms with Crippen LogP contribution in [0.5, 0.6) is 0 Å². The van der Waals surface area contributed by atoms with Crippen LogP contribution < -0.4 is 0 Å². The minimum atomic E-state index is 0.456. The van der Waals surface area contributed by atoms with Gasteiger partial charge in [-0.1, -0.05) is 41.5 Å². The van der Waals surface area contributed by atoms with Crippen molar-refractivity contribution in [3.63, 3.8) is 0 Å². The lowest BCUT2D eigenvalue weighted by molar-refractivity contribution is 0.0283. The Kier molecular flexibility index (Phi) is 5.65. The second-order valence-electron chi connectivity index (χ2n) is 9.97. The maximum atomic E-state index is 2.73. The molecule has 2 saturated heterocycles. The van der Waals surface area contributed by atoms with E-state index in [2.05, 4.69) is 58.4 Å². The maximum Gasteiger partial charge on any atom is 0.00342 e. The Morgan fingerprint density at radius 2 is 1.55 bits per heavy atom. The standard InChI is InChI=1S/C20H40N2/c1-16(2)19(3,4)15-20(5,6)18-8-10-22(11-9-18)14-17-12-21(7)13-17/h16-18H,8-15H2,1-7H3. The fourth-order valence-corrected chi connectivity index (χ4v) is 4.73. The molecular weight excluding hydrogens is 268 g/mol. The molecule has 0 aliphatic carbocycles. The molecule has 0 aromatic rings. The number of likely N-dealkylation sites (tertiary alicyclic amines) is 2. The van der Waals surface area contributed by atoms with Crippen LogP contribution in [0.2, 0.25) is 0 Å². The minimum Gasteiger partial charge on any atom is -0.306 e. The van der Waals surface area contributed by atoms with E-state index in [1.165, 1.54) is 52.0 Å². The smallest absolute Gasteiger partial charge is 0.00342 e. The zero-order valence-corrected chi connectivity index (χ0v) is 16.3. The maximum absolute atomic E-state index is 2.73. The molecular formula is C20H40N2. The molecule has 2 heterocycles. The molecule has 0 amide bonds. The van der Waals surface area contributed by atoms with Crippen LogP contribution in [-0.4, -0.2) is 49.6 Å². The summed E-state index contributed by atoms with van der Waals surface area (Å²) in [5.74, 6) is 2.61. The first kappa shape index (κ1) is 18.3. The summed E-state index contributed by atoms with van der Waals surface area (Å²) in [7, 11) is 2.24. The summed E-state index contributed by atoms with van der Waals surface area (Å²) < 4.78 is 0. The highest BCUT2D eigenvalue weighted by Crippen LogP contribution is 2.46. The van der Waals surface area contributed by atoms with Gasteiger partial charge in [-0.05, 0) is 68.0 Å². The molecule has 0 aromatic carbocycles. The van der Waals surface area contributed by atoms with Crippen molar-refractivity contribution in [2.45, 2.75) is 60.8 Å². The molecule has 0 bridgehead atoms. The molecule has 2 rings (SSSR count). The van der Waals surface area contributed by atoms with Gasteiger partial charge in [-0.15, -0.1) is 0 Å². The van der Waals surface area contributed by atoms with Crippen LogP contribution >= 0.6 is 0 Å². The molecule has 2 aliphatic rings. The average molecular weight is 309 g/mol. The van der Waals surface area contributed by atoms with Gasteiger partial charge >= 0.3 is 0 Å². The van der Waals surface area contributed by atoms with Crippen molar-refractivity contribution in [3.8, 4) is 0 Å². The van der Waals surface area contributed by atoms with E-state index in [1.54, 1.807) is 0 Å². The van der Waals surface area contributed by atoms with Gasteiger partial charge in [0.2, 0.25) is 0 Å². The van der Waals surface area contributed by atoms with E-state index in [9.17, 15) is 0 Å². The van der Waals surface area contributed by atoms with Crippen molar-refractivity contribution in [3.05, 3.63) is 0 Å². The zero-order chi connectivity index (χ0) is 16.5. The number of nitrogens with zero attached hydrogens (tertiary/aromatic N) is 2. The van der Waals surface area contributed by atoms with Gasteiger partial charge in [0.1, 0.15) is 0 Å². The van der Waals surface area contributed by atoms with Gasteiger partial charge in [-0.2, -0.15) is 0 Å². The summed E-state index contributed by atoms with van der Waals surface area (Å²) in [5.41, 5.74) is 0.938. The van der Waals surface area contributed by atoms with E-state index >= 15 is 0 Å². The van der Waals surface area contributed by atoms with Gasteiger partial charge < -0.3 is 9.80 Å². The lowest BCUT2D eigenvalue weighted by atomic mass is 9.63. The van der Waals surface area contributed by atoms with E-state index < -0.39 is 0 Å². The second kappa shape index (κ2) is 6.81. The topological polar surface area (TPSA) is 6.48 Å². The van der Waals surface area contributed by atoms with Crippen molar-refractivity contribution in [2.24, 2.45) is 28.6 Å². The Labute approximate surface area is 139 Å². The third kappa shape index (κ3) is 4.47. The van der Waals surface area contributed by atoms with Crippen LogP contribution in [0, 0.1) is 28.6 Å². The van der Waals surface area contributed by atoms with Crippen LogP contribution in [0.4, 0.5) is 0 Å². The minimum absolute atomic E-state index is 0.456. The fraction of sp³-hybridized carbons (Fsp3) is 1.00. The summed E-state index contributed by atoms with van der Waals surface area (Å²) >= 11 is 0. The monoisotopic (exact) mass is 308 g/mol. The molecule has 0 spiro atoms. The predicted octanol–water partition coefficient (Wildman–Crippen LogP) is 4.36. The first-order valence-corrected chi connectivity index (χ1v) is 9.51. The summed E-state index contributed by atoms with van der Waals surface area (Å²) in [6.07, 6.45) is 4.17. The molecule has 0 radical (unpaired) electrons. The Hall–Kier alpha value is -0.0800. The van der Waals surface area contributed by atoms with E-state index in [0.29, 0.717) is 10.8 Å². The highest BCUT2D eigenvalue weighted by atomic mass is 15.2. The van der Waals surface area contributed by atoms with E-state index in [1.807, 2.05) is 0 Å². The predicted molar refractivity (Wildman–Crippen MR) is 97.2 cm³/mol. The van der Waals surface area contributed by atoms with E-state index in [4.69, 9.17) is 0 Å². The van der Waals surface area contributed by atoms with Crippen LogP contribution in [0.15, 0.2) is 0 Å². The SMILES string of the molecule is CC(C)C(C)(C)CC(C)(C)C1CCN(CC2CN(C)C2)CC1. The normalized spacial score (nSPS) is 24.0. The fourth-order valence-electron chi connectivity index (χ4n) is 4.73. The molecule has 0 atom stereocenters. The molecule has 0 N–H and O–H groups in total. The third-order valence-corrected chi connectivity index (χ3v) is 6.82. The Bertz CT molecular complexity index is 345. The van der Waals surface area contributed by atoms with Crippen LogP contribution in [0.1, 0.15) is 60.8 Å². The molecule has 2 fully saturated rings. The van der Waals surface area contributed by atoms with Gasteiger partial charge in [0.05, 0.1) is 0 Å². The molecule has 0 aromatic heterocycles. The molecule has 0 saturated carbocycles. The Balaban J connectivity index is 1.79. The van der Waals surface area contributed by atoms with Crippen LogP contribution in [0.25, 0.3) is 0 Å². The summed E-state index contributed by atoms with van der Waals surface area (Å²) in [6.45, 7) is 21.4. The van der Waals surface area contributed by atoms with Crippen LogP contribution in [0.3, 0.4) is 0 Å². The van der Waals surface area contributed by atoms with Crippen molar-refractivity contribution in [1.82, 2.24) is 9.80 Å². The number of piperidine rings is 1. The largest absolute Gasteiger partial charge is 0.306 e. The lowest BCUT2D eigenvalue weighted by Gasteiger charge is -2.47. The lowest BCUT2D eigenvalue weighted by Crippen LogP contribution is -2.51. The molecule has 22 heavy (non-hydrogen) atoms. The van der Waals surface area contributed by atoms with Crippen LogP contribution in [-0.2, 0) is 0 Å². The van der Waals surface area contributed by atoms with Gasteiger partial charge in [0.15, 0.2) is 0 Å². The third-order valence-electron chi connectivity index (χ3n) is 6.82.